The number of aromatic nitrogens is 1. The zero-order chi connectivity index (χ0) is 14.4. The molecule has 2 rings (SSSR count). The molecule has 1 aromatic carbocycles. The van der Waals surface area contributed by atoms with Crippen LogP contribution in [0.5, 0.6) is 0 Å². The quantitative estimate of drug-likeness (QED) is 0.877. The lowest BCUT2D eigenvalue weighted by atomic mass is 10.1. The maximum Gasteiger partial charge on any atom is 0.129 e. The Hall–Kier alpha value is -1.94. The molecule has 0 fully saturated rings. The highest BCUT2D eigenvalue weighted by atomic mass is 19.1. The molecule has 0 aliphatic heterocycles. The maximum atomic E-state index is 14.0. The number of hydrogen-bond acceptors (Lipinski definition) is 3. The Morgan fingerprint density at radius 1 is 1.25 bits per heavy atom. The first-order valence-electron chi connectivity index (χ1n) is 6.80. The van der Waals surface area contributed by atoms with Gasteiger partial charge in [0.05, 0.1) is 0 Å². The topological polar surface area (TPSA) is 28.2 Å². The number of nitrogens with zero attached hydrogens (tertiary/aromatic N) is 2. The minimum atomic E-state index is -0.165. The molecule has 0 bridgehead atoms. The Labute approximate surface area is 119 Å². The third-order valence-electron chi connectivity index (χ3n) is 3.20. The molecule has 0 aliphatic carbocycles. The van der Waals surface area contributed by atoms with Crippen LogP contribution < -0.4 is 10.2 Å². The van der Waals surface area contributed by atoms with E-state index in [4.69, 9.17) is 0 Å². The van der Waals surface area contributed by atoms with E-state index in [-0.39, 0.29) is 5.82 Å². The molecule has 3 nitrogen and oxygen atoms in total. The zero-order valence-corrected chi connectivity index (χ0v) is 11.9. The molecule has 0 saturated carbocycles. The van der Waals surface area contributed by atoms with Gasteiger partial charge in [-0.2, -0.15) is 0 Å². The van der Waals surface area contributed by atoms with Crippen LogP contribution in [0, 0.1) is 5.82 Å². The van der Waals surface area contributed by atoms with Crippen molar-refractivity contribution in [2.45, 2.75) is 20.0 Å². The lowest BCUT2D eigenvalue weighted by Gasteiger charge is -2.23. The first kappa shape index (κ1) is 14.5. The first-order valence-corrected chi connectivity index (χ1v) is 6.80. The summed E-state index contributed by atoms with van der Waals surface area (Å²) in [5.41, 5.74) is 2.73. The second kappa shape index (κ2) is 7.01. The van der Waals surface area contributed by atoms with Crippen LogP contribution in [0.15, 0.2) is 42.7 Å². The summed E-state index contributed by atoms with van der Waals surface area (Å²) in [7, 11) is 1.97. The fraction of sp³-hybridized carbons (Fsp3) is 0.312. The Morgan fingerprint density at radius 2 is 2.10 bits per heavy atom. The molecule has 0 radical (unpaired) electrons. The molecule has 20 heavy (non-hydrogen) atoms. The maximum absolute atomic E-state index is 14.0. The van der Waals surface area contributed by atoms with Gasteiger partial charge in [0.1, 0.15) is 5.82 Å². The van der Waals surface area contributed by atoms with Crippen molar-refractivity contribution in [2.75, 3.05) is 18.5 Å². The van der Waals surface area contributed by atoms with Crippen LogP contribution >= 0.6 is 0 Å². The van der Waals surface area contributed by atoms with Crippen LogP contribution in [0.25, 0.3) is 0 Å². The van der Waals surface area contributed by atoms with Crippen molar-refractivity contribution >= 4 is 5.69 Å². The fourth-order valence-electron chi connectivity index (χ4n) is 2.18. The largest absolute Gasteiger partial charge is 0.370 e. The van der Waals surface area contributed by atoms with Gasteiger partial charge in [0.25, 0.3) is 0 Å². The number of benzene rings is 1. The SMILES string of the molecule is CCNCc1c(F)cccc1N(C)Cc1cccnc1. The second-order valence-electron chi connectivity index (χ2n) is 4.74. The van der Waals surface area contributed by atoms with E-state index in [1.807, 2.05) is 43.3 Å². The van der Waals surface area contributed by atoms with Crippen LogP contribution in [0.2, 0.25) is 0 Å². The predicted molar refractivity (Wildman–Crippen MR) is 80.1 cm³/mol. The molecule has 0 amide bonds. The summed E-state index contributed by atoms with van der Waals surface area (Å²) in [6.07, 6.45) is 3.59. The minimum absolute atomic E-state index is 0.165. The average Bonchev–Trinajstić information content (AvgIpc) is 2.47. The third kappa shape index (κ3) is 3.54. The van der Waals surface area contributed by atoms with Crippen LogP contribution in [-0.4, -0.2) is 18.6 Å². The molecular weight excluding hydrogens is 253 g/mol. The van der Waals surface area contributed by atoms with Crippen molar-refractivity contribution in [1.29, 1.82) is 0 Å². The van der Waals surface area contributed by atoms with Crippen molar-refractivity contribution in [1.82, 2.24) is 10.3 Å². The Morgan fingerprint density at radius 3 is 2.80 bits per heavy atom. The molecule has 4 heteroatoms. The zero-order valence-electron chi connectivity index (χ0n) is 11.9. The van der Waals surface area contributed by atoms with Gasteiger partial charge in [-0.05, 0) is 30.3 Å². The van der Waals surface area contributed by atoms with E-state index in [1.165, 1.54) is 6.07 Å². The highest BCUT2D eigenvalue weighted by Crippen LogP contribution is 2.23. The Kier molecular flexibility index (Phi) is 5.07. The lowest BCUT2D eigenvalue weighted by Crippen LogP contribution is -2.21. The molecule has 1 N–H and O–H groups in total. The molecule has 0 spiro atoms. The lowest BCUT2D eigenvalue weighted by molar-refractivity contribution is 0.592. The van der Waals surface area contributed by atoms with E-state index in [0.29, 0.717) is 18.7 Å². The number of nitrogens with one attached hydrogen (secondary N) is 1. The van der Waals surface area contributed by atoms with Gasteiger partial charge in [-0.15, -0.1) is 0 Å². The predicted octanol–water partition coefficient (Wildman–Crippen LogP) is 2.97. The van der Waals surface area contributed by atoms with E-state index in [0.717, 1.165) is 17.8 Å². The smallest absolute Gasteiger partial charge is 0.129 e. The van der Waals surface area contributed by atoms with Gasteiger partial charge in [0, 0.05) is 43.8 Å². The molecule has 1 heterocycles. The van der Waals surface area contributed by atoms with Crippen LogP contribution in [-0.2, 0) is 13.1 Å². The van der Waals surface area contributed by atoms with Crippen LogP contribution in [0.1, 0.15) is 18.1 Å². The summed E-state index contributed by atoms with van der Waals surface area (Å²) in [6, 6.07) is 9.14. The molecule has 0 atom stereocenters. The van der Waals surface area contributed by atoms with E-state index in [1.54, 1.807) is 12.3 Å². The molecule has 0 saturated heterocycles. The van der Waals surface area contributed by atoms with Crippen molar-refractivity contribution < 1.29 is 4.39 Å². The summed E-state index contributed by atoms with van der Waals surface area (Å²) in [6.45, 7) is 4.08. The van der Waals surface area contributed by atoms with E-state index in [2.05, 4.69) is 10.3 Å². The molecule has 0 unspecified atom stereocenters. The summed E-state index contributed by atoms with van der Waals surface area (Å²) in [5.74, 6) is -0.165. The summed E-state index contributed by atoms with van der Waals surface area (Å²) < 4.78 is 14.0. The highest BCUT2D eigenvalue weighted by molar-refractivity contribution is 5.54. The van der Waals surface area contributed by atoms with Crippen molar-refractivity contribution in [2.24, 2.45) is 0 Å². The van der Waals surface area contributed by atoms with E-state index >= 15 is 0 Å². The highest BCUT2D eigenvalue weighted by Gasteiger charge is 2.11. The van der Waals surface area contributed by atoms with Crippen molar-refractivity contribution in [3.63, 3.8) is 0 Å². The van der Waals surface area contributed by atoms with Gasteiger partial charge in [-0.3, -0.25) is 4.98 Å². The number of hydrogen-bond donors (Lipinski definition) is 1. The molecule has 0 aliphatic rings. The van der Waals surface area contributed by atoms with Crippen molar-refractivity contribution in [3.8, 4) is 0 Å². The number of anilines is 1. The number of rotatable bonds is 6. The summed E-state index contributed by atoms with van der Waals surface area (Å²) >= 11 is 0. The average molecular weight is 273 g/mol. The standard InChI is InChI=1S/C16H20FN3/c1-3-18-11-14-15(17)7-4-8-16(14)20(2)12-13-6-5-9-19-10-13/h4-10,18H,3,11-12H2,1-2H3. The van der Waals surface area contributed by atoms with Crippen LogP contribution in [0.3, 0.4) is 0 Å². The van der Waals surface area contributed by atoms with Gasteiger partial charge < -0.3 is 10.2 Å². The normalized spacial score (nSPS) is 10.6. The Balaban J connectivity index is 2.20. The fourth-order valence-corrected chi connectivity index (χ4v) is 2.18. The monoisotopic (exact) mass is 273 g/mol. The van der Waals surface area contributed by atoms with Gasteiger partial charge in [-0.1, -0.05) is 19.1 Å². The Bertz CT molecular complexity index is 543. The number of pyridine rings is 1. The molecule has 1 aromatic heterocycles. The van der Waals surface area contributed by atoms with Crippen LogP contribution in [0.4, 0.5) is 10.1 Å². The number of halogens is 1. The van der Waals surface area contributed by atoms with Crippen molar-refractivity contribution in [3.05, 3.63) is 59.7 Å². The van der Waals surface area contributed by atoms with E-state index < -0.39 is 0 Å². The first-order chi connectivity index (χ1) is 9.72. The molecule has 2 aromatic rings. The summed E-state index contributed by atoms with van der Waals surface area (Å²) in [4.78, 5) is 6.16. The third-order valence-corrected chi connectivity index (χ3v) is 3.20. The second-order valence-corrected chi connectivity index (χ2v) is 4.74. The minimum Gasteiger partial charge on any atom is -0.370 e. The van der Waals surface area contributed by atoms with Gasteiger partial charge in [0.2, 0.25) is 0 Å². The van der Waals surface area contributed by atoms with Gasteiger partial charge in [-0.25, -0.2) is 4.39 Å². The van der Waals surface area contributed by atoms with Gasteiger partial charge in [0.15, 0.2) is 0 Å². The summed E-state index contributed by atoms with van der Waals surface area (Å²) in [5, 5.41) is 3.19. The van der Waals surface area contributed by atoms with Gasteiger partial charge >= 0.3 is 0 Å². The molecule has 106 valence electrons. The van der Waals surface area contributed by atoms with E-state index in [9.17, 15) is 4.39 Å². The molecular formula is C16H20FN3.